The fourth-order valence-corrected chi connectivity index (χ4v) is 8.94. The second kappa shape index (κ2) is 14.2. The summed E-state index contributed by atoms with van der Waals surface area (Å²) in [5, 5.41) is 8.75. The minimum Gasteiger partial charge on any atom is -0.444 e. The number of oxime groups is 1. The molecule has 5 aliphatic rings. The molecule has 1 saturated heterocycles. The van der Waals surface area contributed by atoms with Crippen molar-refractivity contribution in [1.29, 1.82) is 0 Å². The van der Waals surface area contributed by atoms with Gasteiger partial charge in [-0.25, -0.2) is 4.79 Å². The van der Waals surface area contributed by atoms with Crippen LogP contribution < -0.4 is 5.32 Å². The first kappa shape index (κ1) is 38.0. The van der Waals surface area contributed by atoms with Crippen molar-refractivity contribution in [2.24, 2.45) is 28.3 Å². The number of ether oxygens (including phenoxy) is 1. The van der Waals surface area contributed by atoms with E-state index in [2.05, 4.69) is 45.1 Å². The van der Waals surface area contributed by atoms with Gasteiger partial charge in [0.05, 0.1) is 36.4 Å². The summed E-state index contributed by atoms with van der Waals surface area (Å²) < 4.78 is 19.3. The van der Waals surface area contributed by atoms with E-state index in [1.54, 1.807) is 18.2 Å². The number of carbonyl (C=O) groups is 2. The van der Waals surface area contributed by atoms with Gasteiger partial charge < -0.3 is 24.2 Å². The van der Waals surface area contributed by atoms with Crippen LogP contribution in [0, 0.1) is 23.2 Å². The second-order valence-corrected chi connectivity index (χ2v) is 18.0. The summed E-state index contributed by atoms with van der Waals surface area (Å²) in [6.45, 7) is 16.8. The van der Waals surface area contributed by atoms with Gasteiger partial charge in [-0.15, -0.1) is 0 Å². The molecule has 9 nitrogen and oxygen atoms in total. The highest BCUT2D eigenvalue weighted by Crippen LogP contribution is 2.65. The van der Waals surface area contributed by atoms with Gasteiger partial charge >= 0.3 is 13.2 Å². The molecular formula is C39H52BCl2N3O6. The van der Waals surface area contributed by atoms with Crippen LogP contribution in [0.1, 0.15) is 92.2 Å². The van der Waals surface area contributed by atoms with E-state index in [1.165, 1.54) is 4.90 Å². The van der Waals surface area contributed by atoms with Gasteiger partial charge in [0.2, 0.25) is 5.60 Å². The van der Waals surface area contributed by atoms with E-state index < -0.39 is 36.0 Å². The maximum atomic E-state index is 14.7. The Labute approximate surface area is 313 Å². The molecule has 7 rings (SSSR count). The van der Waals surface area contributed by atoms with Gasteiger partial charge in [0.25, 0.3) is 5.91 Å². The third kappa shape index (κ3) is 7.95. The van der Waals surface area contributed by atoms with Crippen LogP contribution in [0.3, 0.4) is 0 Å². The highest BCUT2D eigenvalue weighted by atomic mass is 35.5. The van der Waals surface area contributed by atoms with Crippen LogP contribution in [0.5, 0.6) is 0 Å². The summed E-state index contributed by atoms with van der Waals surface area (Å²) >= 11 is 12.8. The molecular weight excluding hydrogens is 688 g/mol. The van der Waals surface area contributed by atoms with Crippen molar-refractivity contribution in [2.75, 3.05) is 6.54 Å². The molecule has 1 N–H and O–H groups in total. The van der Waals surface area contributed by atoms with Gasteiger partial charge in [-0.3, -0.25) is 9.69 Å². The summed E-state index contributed by atoms with van der Waals surface area (Å²) in [4.78, 5) is 35.9. The summed E-state index contributed by atoms with van der Waals surface area (Å²) in [6.07, 6.45) is 2.66. The summed E-state index contributed by atoms with van der Waals surface area (Å²) in [5.74, 6) is 0.596. The average molecular weight is 741 g/mol. The molecule has 6 atom stereocenters. The SMILES string of the molecule is CC(C)C[C@H](NC(=O)C1(Cc2ccccc2)CC(CN(Cc2cc(Cl)ccc2Cl)C(=O)OC(C)(C)C)=NO1)B1O[C@@H]2C[C@@H]3C[C@@H](C3(C)C)[C@]2(C)O1. The van der Waals surface area contributed by atoms with Crippen molar-refractivity contribution < 1.29 is 28.5 Å². The van der Waals surface area contributed by atoms with Crippen LogP contribution in [0.4, 0.5) is 4.79 Å². The van der Waals surface area contributed by atoms with Crippen molar-refractivity contribution in [3.63, 3.8) is 0 Å². The Balaban J connectivity index is 1.24. The van der Waals surface area contributed by atoms with Gasteiger partial charge in [0, 0.05) is 22.9 Å². The lowest BCUT2D eigenvalue weighted by atomic mass is 9.43. The normalized spacial score (nSPS) is 28.3. The number of nitrogens with zero attached hydrogens (tertiary/aromatic N) is 2. The monoisotopic (exact) mass is 739 g/mol. The fourth-order valence-electron chi connectivity index (χ4n) is 8.57. The fraction of sp³-hybridized carbons (Fsp3) is 0.615. The topological polar surface area (TPSA) is 98.7 Å². The Morgan fingerprint density at radius 1 is 1.08 bits per heavy atom. The Bertz CT molecular complexity index is 1650. The molecule has 0 aromatic heterocycles. The molecule has 2 aliphatic heterocycles. The first-order valence-electron chi connectivity index (χ1n) is 18.2. The number of amides is 2. The molecule has 3 saturated carbocycles. The molecule has 12 heteroatoms. The van der Waals surface area contributed by atoms with Crippen LogP contribution in [0.2, 0.25) is 10.0 Å². The van der Waals surface area contributed by atoms with Crippen LogP contribution >= 0.6 is 23.2 Å². The van der Waals surface area contributed by atoms with E-state index in [1.807, 2.05) is 51.1 Å². The van der Waals surface area contributed by atoms with Crippen molar-refractivity contribution >= 4 is 48.0 Å². The average Bonchev–Trinajstić information content (AvgIpc) is 3.62. The van der Waals surface area contributed by atoms with E-state index in [9.17, 15) is 9.59 Å². The highest BCUT2D eigenvalue weighted by Gasteiger charge is 2.68. The van der Waals surface area contributed by atoms with Crippen LogP contribution in [0.25, 0.3) is 0 Å². The quantitative estimate of drug-likeness (QED) is 0.233. The zero-order valence-corrected chi connectivity index (χ0v) is 32.6. The summed E-state index contributed by atoms with van der Waals surface area (Å²) in [6, 6.07) is 14.9. The maximum Gasteiger partial charge on any atom is 0.481 e. The number of carbonyl (C=O) groups excluding carboxylic acids is 2. The van der Waals surface area contributed by atoms with Gasteiger partial charge in [0.15, 0.2) is 0 Å². The maximum absolute atomic E-state index is 14.7. The van der Waals surface area contributed by atoms with E-state index >= 15 is 0 Å². The predicted molar refractivity (Wildman–Crippen MR) is 201 cm³/mol. The van der Waals surface area contributed by atoms with Crippen LogP contribution in [-0.2, 0) is 36.6 Å². The second-order valence-electron chi connectivity index (χ2n) is 17.2. The van der Waals surface area contributed by atoms with E-state index in [4.69, 9.17) is 42.1 Å². The van der Waals surface area contributed by atoms with Crippen molar-refractivity contribution in [1.82, 2.24) is 10.2 Å². The molecule has 0 radical (unpaired) electrons. The minimum atomic E-state index is -1.36. The van der Waals surface area contributed by atoms with Gasteiger partial charge in [0.1, 0.15) is 5.60 Å². The van der Waals surface area contributed by atoms with Crippen molar-refractivity contribution in [2.45, 2.75) is 123 Å². The number of nitrogens with one attached hydrogen (secondary N) is 1. The zero-order valence-electron chi connectivity index (χ0n) is 31.1. The summed E-state index contributed by atoms with van der Waals surface area (Å²) in [7, 11) is -0.581. The Morgan fingerprint density at radius 3 is 2.47 bits per heavy atom. The lowest BCUT2D eigenvalue weighted by Crippen LogP contribution is -2.65. The number of benzene rings is 2. The first-order chi connectivity index (χ1) is 23.9. The lowest BCUT2D eigenvalue weighted by Gasteiger charge is -2.64. The van der Waals surface area contributed by atoms with Gasteiger partial charge in [-0.2, -0.15) is 0 Å². The molecule has 4 fully saturated rings. The molecule has 2 aromatic rings. The number of hydrogen-bond donors (Lipinski definition) is 1. The van der Waals surface area contributed by atoms with Gasteiger partial charge in [-0.05, 0) is 99.5 Å². The number of halogens is 2. The zero-order chi connectivity index (χ0) is 36.9. The molecule has 1 unspecified atom stereocenters. The Kier molecular flexibility index (Phi) is 10.6. The predicted octanol–water partition coefficient (Wildman–Crippen LogP) is 8.29. The number of hydrogen-bond acceptors (Lipinski definition) is 7. The molecule has 3 aliphatic carbocycles. The molecule has 2 bridgehead atoms. The van der Waals surface area contributed by atoms with E-state index in [-0.39, 0.29) is 49.3 Å². The third-order valence-corrected chi connectivity index (χ3v) is 11.9. The molecule has 2 aromatic carbocycles. The van der Waals surface area contributed by atoms with Crippen LogP contribution in [0.15, 0.2) is 53.7 Å². The van der Waals surface area contributed by atoms with Crippen LogP contribution in [-0.4, -0.2) is 65.1 Å². The van der Waals surface area contributed by atoms with E-state index in [0.29, 0.717) is 39.6 Å². The highest BCUT2D eigenvalue weighted by molar-refractivity contribution is 6.48. The van der Waals surface area contributed by atoms with E-state index in [0.717, 1.165) is 18.4 Å². The molecule has 2 heterocycles. The molecule has 0 spiro atoms. The molecule has 276 valence electrons. The largest absolute Gasteiger partial charge is 0.481 e. The third-order valence-electron chi connectivity index (χ3n) is 11.3. The van der Waals surface area contributed by atoms with Gasteiger partial charge in [-0.1, -0.05) is 86.4 Å². The van der Waals surface area contributed by atoms with Crippen molar-refractivity contribution in [3.8, 4) is 0 Å². The standard InChI is InChI=1S/C39H52BCl2N3O6/c1-24(2)16-33(40-49-32-19-27-18-31(37(27,6)7)38(32,8)50-40)43-34(46)39(20-25-12-10-9-11-13-25)21-29(44-51-39)23-45(35(47)48-36(3,4)5)22-26-17-28(41)14-15-30(26)42/h9-15,17,24,27,31-33H,16,18-23H2,1-8H3,(H,43,46)/t27-,31-,32+,33-,38-,39?/m0/s1. The lowest BCUT2D eigenvalue weighted by molar-refractivity contribution is -0.199. The van der Waals surface area contributed by atoms with Crippen molar-refractivity contribution in [3.05, 3.63) is 69.7 Å². The smallest absolute Gasteiger partial charge is 0.444 e. The Morgan fingerprint density at radius 2 is 1.80 bits per heavy atom. The molecule has 51 heavy (non-hydrogen) atoms. The Hall–Kier alpha value is -2.79. The number of rotatable bonds is 11. The minimum absolute atomic E-state index is 0.00591. The molecule has 2 amide bonds. The first-order valence-corrected chi connectivity index (χ1v) is 19.0. The summed E-state index contributed by atoms with van der Waals surface area (Å²) in [5.41, 5.74) is -0.186.